The average Bonchev–Trinajstić information content (AvgIpc) is 2.53. The van der Waals surface area contributed by atoms with Crippen molar-refractivity contribution in [2.45, 2.75) is 19.3 Å². The van der Waals surface area contributed by atoms with Gasteiger partial charge in [0.2, 0.25) is 5.91 Å². The van der Waals surface area contributed by atoms with Crippen molar-refractivity contribution < 1.29 is 4.79 Å². The quantitative estimate of drug-likeness (QED) is 0.726. The Morgan fingerprint density at radius 1 is 1.09 bits per heavy atom. The zero-order valence-corrected chi connectivity index (χ0v) is 12.6. The molecule has 0 saturated carbocycles. The molecule has 0 fully saturated rings. The number of anilines is 1. The van der Waals surface area contributed by atoms with Gasteiger partial charge >= 0.3 is 0 Å². The Balaban J connectivity index is 1.91. The van der Waals surface area contributed by atoms with Crippen LogP contribution in [0.25, 0.3) is 10.8 Å². The van der Waals surface area contributed by atoms with Gasteiger partial charge in [0.15, 0.2) is 0 Å². The molecule has 1 aromatic heterocycles. The SMILES string of the molecule is Cc1nc2c(c(=O)[nH]1)[C@H](c1ccc3ccccc3c1)CC(=O)N2. The lowest BCUT2D eigenvalue weighted by molar-refractivity contribution is -0.116. The van der Waals surface area contributed by atoms with Gasteiger partial charge in [-0.15, -0.1) is 0 Å². The van der Waals surface area contributed by atoms with Gasteiger partial charge in [-0.1, -0.05) is 42.5 Å². The summed E-state index contributed by atoms with van der Waals surface area (Å²) in [5, 5.41) is 4.93. The van der Waals surface area contributed by atoms with Crippen molar-refractivity contribution in [1.29, 1.82) is 0 Å². The highest BCUT2D eigenvalue weighted by molar-refractivity contribution is 5.94. The van der Waals surface area contributed by atoms with Crippen LogP contribution in [0.4, 0.5) is 5.82 Å². The van der Waals surface area contributed by atoms with Gasteiger partial charge in [0, 0.05) is 12.3 Å². The standard InChI is InChI=1S/C18H15N3O2/c1-10-19-17-16(18(23)20-10)14(9-15(22)21-17)13-7-6-11-4-2-3-5-12(11)8-13/h2-8,14H,9H2,1H3,(H2,19,20,21,22,23)/t14-/m0/s1. The van der Waals surface area contributed by atoms with E-state index in [0.717, 1.165) is 16.3 Å². The Morgan fingerprint density at radius 3 is 2.70 bits per heavy atom. The molecule has 4 rings (SSSR count). The number of H-pyrrole nitrogens is 1. The molecule has 2 heterocycles. The second-order valence-electron chi connectivity index (χ2n) is 5.83. The molecule has 5 nitrogen and oxygen atoms in total. The van der Waals surface area contributed by atoms with Crippen molar-refractivity contribution >= 4 is 22.5 Å². The van der Waals surface area contributed by atoms with Crippen molar-refractivity contribution in [3.05, 3.63) is 69.8 Å². The highest BCUT2D eigenvalue weighted by Crippen LogP contribution is 2.34. The maximum absolute atomic E-state index is 12.4. The minimum atomic E-state index is -0.278. The van der Waals surface area contributed by atoms with E-state index in [4.69, 9.17) is 0 Å². The average molecular weight is 305 g/mol. The number of aryl methyl sites for hydroxylation is 1. The van der Waals surface area contributed by atoms with Crippen LogP contribution in [0, 0.1) is 6.92 Å². The molecule has 1 atom stereocenters. The Morgan fingerprint density at radius 2 is 1.87 bits per heavy atom. The molecule has 114 valence electrons. The van der Waals surface area contributed by atoms with Crippen LogP contribution in [0.2, 0.25) is 0 Å². The first kappa shape index (κ1) is 13.7. The lowest BCUT2D eigenvalue weighted by Crippen LogP contribution is -2.31. The Labute approximate surface area is 132 Å². The van der Waals surface area contributed by atoms with E-state index in [-0.39, 0.29) is 23.8 Å². The van der Waals surface area contributed by atoms with Gasteiger partial charge in [0.05, 0.1) is 5.56 Å². The molecule has 0 unspecified atom stereocenters. The second-order valence-corrected chi connectivity index (χ2v) is 5.83. The molecule has 2 aromatic carbocycles. The van der Waals surface area contributed by atoms with Gasteiger partial charge in [-0.25, -0.2) is 4.98 Å². The summed E-state index contributed by atoms with van der Waals surface area (Å²) in [5.74, 6) is 0.474. The number of aromatic nitrogens is 2. The number of carbonyl (C=O) groups is 1. The van der Waals surface area contributed by atoms with Crippen LogP contribution in [-0.2, 0) is 4.79 Å². The van der Waals surface area contributed by atoms with E-state index >= 15 is 0 Å². The number of nitrogens with zero attached hydrogens (tertiary/aromatic N) is 1. The van der Waals surface area contributed by atoms with Crippen LogP contribution in [0.5, 0.6) is 0 Å². The summed E-state index contributed by atoms with van der Waals surface area (Å²) < 4.78 is 0. The number of fused-ring (bicyclic) bond motifs is 2. The minimum absolute atomic E-state index is 0.117. The lowest BCUT2D eigenvalue weighted by atomic mass is 9.86. The monoisotopic (exact) mass is 305 g/mol. The molecule has 1 aliphatic rings. The van der Waals surface area contributed by atoms with Crippen LogP contribution >= 0.6 is 0 Å². The summed E-state index contributed by atoms with van der Waals surface area (Å²) in [6, 6.07) is 14.1. The Kier molecular flexibility index (Phi) is 3.01. The van der Waals surface area contributed by atoms with Crippen molar-refractivity contribution in [3.8, 4) is 0 Å². The van der Waals surface area contributed by atoms with Gasteiger partial charge < -0.3 is 10.3 Å². The minimum Gasteiger partial charge on any atom is -0.310 e. The third-order valence-electron chi connectivity index (χ3n) is 4.25. The van der Waals surface area contributed by atoms with E-state index in [0.29, 0.717) is 17.2 Å². The van der Waals surface area contributed by atoms with E-state index in [1.807, 2.05) is 42.5 Å². The highest BCUT2D eigenvalue weighted by Gasteiger charge is 2.30. The summed E-state index contributed by atoms with van der Waals surface area (Å²) >= 11 is 0. The maximum Gasteiger partial charge on any atom is 0.256 e. The van der Waals surface area contributed by atoms with Crippen LogP contribution in [0.3, 0.4) is 0 Å². The van der Waals surface area contributed by atoms with E-state index < -0.39 is 0 Å². The molecular weight excluding hydrogens is 290 g/mol. The van der Waals surface area contributed by atoms with Gasteiger partial charge in [0.1, 0.15) is 11.6 Å². The van der Waals surface area contributed by atoms with E-state index in [1.54, 1.807) is 6.92 Å². The predicted molar refractivity (Wildman–Crippen MR) is 88.6 cm³/mol. The molecular formula is C18H15N3O2. The van der Waals surface area contributed by atoms with Crippen molar-refractivity contribution in [2.75, 3.05) is 5.32 Å². The van der Waals surface area contributed by atoms with Crippen LogP contribution in [0.1, 0.15) is 29.3 Å². The molecule has 0 saturated heterocycles. The van der Waals surface area contributed by atoms with E-state index in [1.165, 1.54) is 0 Å². The summed E-state index contributed by atoms with van der Waals surface area (Å²) in [6.07, 6.45) is 0.249. The predicted octanol–water partition coefficient (Wildman–Crippen LogP) is 2.71. The summed E-state index contributed by atoms with van der Waals surface area (Å²) in [5.41, 5.74) is 1.30. The number of amides is 1. The first-order valence-electron chi connectivity index (χ1n) is 7.51. The number of hydrogen-bond acceptors (Lipinski definition) is 3. The van der Waals surface area contributed by atoms with Gasteiger partial charge in [-0.2, -0.15) is 0 Å². The number of aromatic amines is 1. The van der Waals surface area contributed by atoms with E-state index in [2.05, 4.69) is 15.3 Å². The van der Waals surface area contributed by atoms with Gasteiger partial charge in [-0.3, -0.25) is 9.59 Å². The fraction of sp³-hybridized carbons (Fsp3) is 0.167. The first-order valence-corrected chi connectivity index (χ1v) is 7.51. The molecule has 5 heteroatoms. The number of carbonyl (C=O) groups excluding carboxylic acids is 1. The zero-order valence-electron chi connectivity index (χ0n) is 12.6. The molecule has 3 aromatic rings. The number of nitrogens with one attached hydrogen (secondary N) is 2. The molecule has 0 bridgehead atoms. The third kappa shape index (κ3) is 2.30. The summed E-state index contributed by atoms with van der Waals surface area (Å²) in [7, 11) is 0. The molecule has 0 spiro atoms. The molecule has 2 N–H and O–H groups in total. The molecule has 0 radical (unpaired) electrons. The molecule has 1 amide bonds. The van der Waals surface area contributed by atoms with Gasteiger partial charge in [0.25, 0.3) is 5.56 Å². The van der Waals surface area contributed by atoms with Crippen LogP contribution in [0.15, 0.2) is 47.3 Å². The number of hydrogen-bond donors (Lipinski definition) is 2. The van der Waals surface area contributed by atoms with Crippen LogP contribution < -0.4 is 10.9 Å². The molecule has 1 aliphatic heterocycles. The Hall–Kier alpha value is -2.95. The Bertz CT molecular complexity index is 991. The molecule has 23 heavy (non-hydrogen) atoms. The first-order chi connectivity index (χ1) is 11.1. The summed E-state index contributed by atoms with van der Waals surface area (Å²) in [6.45, 7) is 1.70. The zero-order chi connectivity index (χ0) is 16.0. The highest BCUT2D eigenvalue weighted by atomic mass is 16.2. The maximum atomic E-state index is 12.4. The van der Waals surface area contributed by atoms with Gasteiger partial charge in [-0.05, 0) is 23.3 Å². The number of benzene rings is 2. The topological polar surface area (TPSA) is 74.8 Å². The van der Waals surface area contributed by atoms with Crippen LogP contribution in [-0.4, -0.2) is 15.9 Å². The second kappa shape index (κ2) is 5.05. The lowest BCUT2D eigenvalue weighted by Gasteiger charge is -2.24. The van der Waals surface area contributed by atoms with Crippen molar-refractivity contribution in [3.63, 3.8) is 0 Å². The number of rotatable bonds is 1. The summed E-state index contributed by atoms with van der Waals surface area (Å²) in [4.78, 5) is 31.4. The largest absolute Gasteiger partial charge is 0.310 e. The third-order valence-corrected chi connectivity index (χ3v) is 4.25. The van der Waals surface area contributed by atoms with Crippen molar-refractivity contribution in [1.82, 2.24) is 9.97 Å². The van der Waals surface area contributed by atoms with E-state index in [9.17, 15) is 9.59 Å². The fourth-order valence-corrected chi connectivity index (χ4v) is 3.19. The smallest absolute Gasteiger partial charge is 0.256 e. The normalized spacial score (nSPS) is 16.9. The molecule has 0 aliphatic carbocycles. The van der Waals surface area contributed by atoms with Crippen molar-refractivity contribution in [2.24, 2.45) is 0 Å². The fourth-order valence-electron chi connectivity index (χ4n) is 3.19.